The Morgan fingerprint density at radius 3 is 2.14 bits per heavy atom. The van der Waals surface area contributed by atoms with Crippen LogP contribution in [0.2, 0.25) is 0 Å². The fourth-order valence-electron chi connectivity index (χ4n) is 2.46. The molecule has 0 saturated carbocycles. The van der Waals surface area contributed by atoms with Crippen molar-refractivity contribution in [2.75, 3.05) is 0 Å². The second-order valence-electron chi connectivity index (χ2n) is 6.13. The topological polar surface area (TPSA) is 82.0 Å². The van der Waals surface area contributed by atoms with Crippen LogP contribution >= 0.6 is 0 Å². The van der Waals surface area contributed by atoms with E-state index in [2.05, 4.69) is 16.9 Å². The largest absolute Gasteiger partial charge is 0.540 e. The highest BCUT2D eigenvalue weighted by Crippen LogP contribution is 2.11. The fraction of sp³-hybridized carbons (Fsp3) is 0.273. The quantitative estimate of drug-likeness (QED) is 0.0847. The summed E-state index contributed by atoms with van der Waals surface area (Å²) in [7, 11) is 0. The Hall–Kier alpha value is -3.28. The van der Waals surface area contributed by atoms with Crippen molar-refractivity contribution in [2.24, 2.45) is 5.16 Å². The Morgan fingerprint density at radius 2 is 1.50 bits per heavy atom. The van der Waals surface area contributed by atoms with E-state index in [1.165, 1.54) is 0 Å². The molecule has 6 nitrogen and oxygen atoms in total. The van der Waals surface area contributed by atoms with Crippen LogP contribution in [0.4, 0.5) is 4.79 Å². The Bertz CT molecular complexity index is 815. The van der Waals surface area contributed by atoms with E-state index in [1.807, 2.05) is 0 Å². The van der Waals surface area contributed by atoms with E-state index in [1.54, 1.807) is 60.7 Å². The average Bonchev–Trinajstić information content (AvgIpc) is 2.72. The molecular weight excluding hydrogens is 358 g/mol. The Labute approximate surface area is 164 Å². The Morgan fingerprint density at radius 1 is 0.857 bits per heavy atom. The molecule has 0 aliphatic heterocycles. The normalized spacial score (nSPS) is 11.0. The van der Waals surface area contributed by atoms with Crippen molar-refractivity contribution in [1.29, 1.82) is 0 Å². The molecule has 0 fully saturated rings. The molecule has 0 aromatic heterocycles. The number of benzene rings is 2. The molecule has 0 atom stereocenters. The molecule has 0 unspecified atom stereocenters. The van der Waals surface area contributed by atoms with Crippen molar-refractivity contribution in [2.45, 2.75) is 39.0 Å². The van der Waals surface area contributed by atoms with E-state index >= 15 is 0 Å². The van der Waals surface area contributed by atoms with Crippen molar-refractivity contribution >= 4 is 23.4 Å². The summed E-state index contributed by atoms with van der Waals surface area (Å²) >= 11 is 0. The third-order valence-corrected chi connectivity index (χ3v) is 3.93. The van der Waals surface area contributed by atoms with Crippen LogP contribution in [0.15, 0.2) is 65.8 Å². The maximum absolute atomic E-state index is 12.7. The van der Waals surface area contributed by atoms with Gasteiger partial charge in [-0.3, -0.25) is 14.4 Å². The summed E-state index contributed by atoms with van der Waals surface area (Å²) in [5, 5.41) is 3.54. The van der Waals surface area contributed by atoms with E-state index in [4.69, 9.17) is 4.74 Å². The van der Waals surface area contributed by atoms with Crippen LogP contribution in [0.3, 0.4) is 0 Å². The Balaban J connectivity index is 2.10. The van der Waals surface area contributed by atoms with Crippen LogP contribution in [0.5, 0.6) is 5.75 Å². The third-order valence-electron chi connectivity index (χ3n) is 3.93. The summed E-state index contributed by atoms with van der Waals surface area (Å²) in [6, 6.07) is 16.6. The molecule has 6 heteroatoms. The molecule has 146 valence electrons. The van der Waals surface area contributed by atoms with Gasteiger partial charge in [0.1, 0.15) is 5.75 Å². The summed E-state index contributed by atoms with van der Waals surface area (Å²) in [6.07, 6.45) is 2.60. The zero-order valence-corrected chi connectivity index (χ0v) is 15.8. The number of ether oxygens (including phenoxy) is 1. The van der Waals surface area contributed by atoms with Crippen LogP contribution < -0.4 is 4.74 Å². The first-order chi connectivity index (χ1) is 13.6. The number of rotatable bonds is 10. The van der Waals surface area contributed by atoms with E-state index in [-0.39, 0.29) is 12.2 Å². The van der Waals surface area contributed by atoms with Gasteiger partial charge in [0, 0.05) is 12.0 Å². The number of hydrogen-bond donors (Lipinski definition) is 0. The van der Waals surface area contributed by atoms with Gasteiger partial charge in [0.25, 0.3) is 0 Å². The summed E-state index contributed by atoms with van der Waals surface area (Å²) in [5.41, 5.74) is -0.115. The number of Topliss-reactive ketones (excluding diaryl/α,β-unsaturated/α-hetero) is 2. The lowest BCUT2D eigenvalue weighted by Crippen LogP contribution is -2.25. The standard InChI is InChI=1S/C22H23NO5/c1-2-3-4-11-16-19(24)20(21(25)17-12-7-5-8-13-17)23-28-22(26)27-18-14-9-6-10-15-18/h5-10,12-15H,2-4,11,16H2,1H3. The molecule has 2 rings (SSSR count). The molecule has 0 radical (unpaired) electrons. The molecule has 0 aliphatic rings. The number of para-hydroxylation sites is 1. The van der Waals surface area contributed by atoms with E-state index in [0.717, 1.165) is 19.3 Å². The predicted octanol–water partition coefficient (Wildman–Crippen LogP) is 4.98. The summed E-state index contributed by atoms with van der Waals surface area (Å²) in [5.74, 6) is -0.782. The minimum absolute atomic E-state index is 0.161. The number of oxime groups is 1. The lowest BCUT2D eigenvalue weighted by Gasteiger charge is -2.06. The number of hydrogen-bond acceptors (Lipinski definition) is 6. The molecule has 2 aromatic rings. The average molecular weight is 381 g/mol. The van der Waals surface area contributed by atoms with Crippen molar-refractivity contribution in [3.05, 3.63) is 66.2 Å². The molecule has 0 N–H and O–H groups in total. The van der Waals surface area contributed by atoms with Crippen LogP contribution in [0, 0.1) is 0 Å². The van der Waals surface area contributed by atoms with Gasteiger partial charge in [-0.05, 0) is 18.6 Å². The van der Waals surface area contributed by atoms with Crippen LogP contribution in [-0.2, 0) is 9.63 Å². The van der Waals surface area contributed by atoms with Crippen LogP contribution in [0.25, 0.3) is 0 Å². The van der Waals surface area contributed by atoms with Gasteiger partial charge in [0.2, 0.25) is 5.78 Å². The number of ketones is 2. The molecule has 0 spiro atoms. The van der Waals surface area contributed by atoms with E-state index in [9.17, 15) is 14.4 Å². The van der Waals surface area contributed by atoms with Crippen LogP contribution in [0.1, 0.15) is 49.4 Å². The molecular formula is C22H23NO5. The predicted molar refractivity (Wildman–Crippen MR) is 106 cm³/mol. The third kappa shape index (κ3) is 6.79. The summed E-state index contributed by atoms with van der Waals surface area (Å²) < 4.78 is 4.95. The lowest BCUT2D eigenvalue weighted by atomic mass is 10.0. The maximum Gasteiger partial charge on any atom is 0.540 e. The number of carbonyl (C=O) groups excluding carboxylic acids is 3. The minimum atomic E-state index is -1.12. The monoisotopic (exact) mass is 381 g/mol. The summed E-state index contributed by atoms with van der Waals surface area (Å²) in [6.45, 7) is 2.07. The maximum atomic E-state index is 12.7. The molecule has 0 saturated heterocycles. The van der Waals surface area contributed by atoms with Crippen molar-refractivity contribution < 1.29 is 24.0 Å². The smallest absolute Gasteiger partial charge is 0.393 e. The molecule has 0 bridgehead atoms. The highest BCUT2D eigenvalue weighted by Gasteiger charge is 2.23. The molecule has 0 heterocycles. The first kappa shape index (κ1) is 21.0. The van der Waals surface area contributed by atoms with Gasteiger partial charge in [0.15, 0.2) is 11.5 Å². The molecule has 28 heavy (non-hydrogen) atoms. The van der Waals surface area contributed by atoms with Gasteiger partial charge in [0.05, 0.1) is 0 Å². The van der Waals surface area contributed by atoms with E-state index < -0.39 is 23.4 Å². The lowest BCUT2D eigenvalue weighted by molar-refractivity contribution is -0.113. The second-order valence-corrected chi connectivity index (χ2v) is 6.13. The number of nitrogens with zero attached hydrogens (tertiary/aromatic N) is 1. The van der Waals surface area contributed by atoms with Gasteiger partial charge in [-0.25, -0.2) is 4.79 Å². The Kier molecular flexibility index (Phi) is 8.59. The van der Waals surface area contributed by atoms with Gasteiger partial charge in [-0.2, -0.15) is 0 Å². The molecule has 2 aromatic carbocycles. The van der Waals surface area contributed by atoms with Gasteiger partial charge < -0.3 is 4.74 Å². The highest BCUT2D eigenvalue weighted by molar-refractivity contribution is 6.69. The molecule has 0 aliphatic carbocycles. The van der Waals surface area contributed by atoms with Crippen LogP contribution in [-0.4, -0.2) is 23.4 Å². The van der Waals surface area contributed by atoms with Crippen molar-refractivity contribution in [3.63, 3.8) is 0 Å². The fourth-order valence-corrected chi connectivity index (χ4v) is 2.46. The SMILES string of the molecule is CCCCCCC(=O)C(=NOC(=O)Oc1ccccc1)C(=O)c1ccccc1. The zero-order chi connectivity index (χ0) is 20.2. The van der Waals surface area contributed by atoms with Gasteiger partial charge in [-0.15, -0.1) is 0 Å². The number of carbonyl (C=O) groups is 3. The van der Waals surface area contributed by atoms with Crippen molar-refractivity contribution in [3.8, 4) is 5.75 Å². The molecule has 0 amide bonds. The zero-order valence-electron chi connectivity index (χ0n) is 15.8. The summed E-state index contributed by atoms with van der Waals surface area (Å²) in [4.78, 5) is 41.7. The van der Waals surface area contributed by atoms with Gasteiger partial charge in [-0.1, -0.05) is 79.9 Å². The first-order valence-corrected chi connectivity index (χ1v) is 9.26. The second kappa shape index (κ2) is 11.4. The van der Waals surface area contributed by atoms with Gasteiger partial charge >= 0.3 is 6.16 Å². The highest BCUT2D eigenvalue weighted by atomic mass is 16.8. The van der Waals surface area contributed by atoms with Crippen molar-refractivity contribution in [1.82, 2.24) is 0 Å². The first-order valence-electron chi connectivity index (χ1n) is 9.26. The number of unbranched alkanes of at least 4 members (excludes halogenated alkanes) is 3. The minimum Gasteiger partial charge on any atom is -0.393 e. The van der Waals surface area contributed by atoms with E-state index in [0.29, 0.717) is 12.0 Å².